The second kappa shape index (κ2) is 9.03. The summed E-state index contributed by atoms with van der Waals surface area (Å²) in [5.41, 5.74) is 0.808. The standard InChI is InChI=1S/C21H27N3O3S/c25-11-10-23(16-6-2-1-3-7-16)15-21(26)24-18(20-9-5-13-28-20)14-17(22-24)19-8-4-12-27-19/h4-5,8-9,12-13,16,18,25H,1-3,6-7,10-11,14-15H2. The molecule has 1 aliphatic heterocycles. The lowest BCUT2D eigenvalue weighted by molar-refractivity contribution is -0.135. The number of amides is 1. The molecule has 2 aromatic rings. The van der Waals surface area contributed by atoms with E-state index in [4.69, 9.17) is 4.42 Å². The van der Waals surface area contributed by atoms with E-state index >= 15 is 0 Å². The monoisotopic (exact) mass is 401 g/mol. The van der Waals surface area contributed by atoms with Crippen LogP contribution < -0.4 is 0 Å². The van der Waals surface area contributed by atoms with Gasteiger partial charge >= 0.3 is 0 Å². The third kappa shape index (κ3) is 4.21. The fourth-order valence-electron chi connectivity index (χ4n) is 4.25. The third-order valence-electron chi connectivity index (χ3n) is 5.66. The minimum atomic E-state index is -0.0880. The maximum atomic E-state index is 13.3. The van der Waals surface area contributed by atoms with Crippen LogP contribution in [0.2, 0.25) is 0 Å². The Bertz CT molecular complexity index is 782. The van der Waals surface area contributed by atoms with E-state index in [1.54, 1.807) is 22.6 Å². The fourth-order valence-corrected chi connectivity index (χ4v) is 5.06. The highest BCUT2D eigenvalue weighted by molar-refractivity contribution is 7.10. The highest BCUT2D eigenvalue weighted by Crippen LogP contribution is 2.35. The van der Waals surface area contributed by atoms with Gasteiger partial charge in [-0.15, -0.1) is 11.3 Å². The maximum Gasteiger partial charge on any atom is 0.257 e. The van der Waals surface area contributed by atoms with Crippen molar-refractivity contribution in [1.82, 2.24) is 9.91 Å². The predicted molar refractivity (Wildman–Crippen MR) is 109 cm³/mol. The first-order valence-electron chi connectivity index (χ1n) is 10.1. The van der Waals surface area contributed by atoms with Crippen molar-refractivity contribution in [2.45, 2.75) is 50.6 Å². The van der Waals surface area contributed by atoms with Crippen molar-refractivity contribution in [2.75, 3.05) is 19.7 Å². The molecule has 0 spiro atoms. The molecule has 1 N–H and O–H groups in total. The molecule has 0 radical (unpaired) electrons. The van der Waals surface area contributed by atoms with Crippen LogP contribution in [-0.2, 0) is 4.79 Å². The zero-order valence-corrected chi connectivity index (χ0v) is 16.8. The van der Waals surface area contributed by atoms with Crippen LogP contribution in [0.3, 0.4) is 0 Å². The fraction of sp³-hybridized carbons (Fsp3) is 0.524. The topological polar surface area (TPSA) is 69.3 Å². The molecule has 6 nitrogen and oxygen atoms in total. The lowest BCUT2D eigenvalue weighted by Crippen LogP contribution is -2.45. The molecular weight excluding hydrogens is 374 g/mol. The predicted octanol–water partition coefficient (Wildman–Crippen LogP) is 3.65. The summed E-state index contributed by atoms with van der Waals surface area (Å²) in [6.07, 6.45) is 8.15. The van der Waals surface area contributed by atoms with Crippen LogP contribution in [0.1, 0.15) is 55.2 Å². The van der Waals surface area contributed by atoms with Gasteiger partial charge in [-0.25, -0.2) is 5.01 Å². The van der Waals surface area contributed by atoms with Gasteiger partial charge in [-0.1, -0.05) is 25.3 Å². The lowest BCUT2D eigenvalue weighted by Gasteiger charge is -2.34. The van der Waals surface area contributed by atoms with Crippen LogP contribution in [0.15, 0.2) is 45.4 Å². The van der Waals surface area contributed by atoms with E-state index in [1.807, 2.05) is 23.6 Å². The van der Waals surface area contributed by atoms with Gasteiger partial charge in [0.2, 0.25) is 0 Å². The molecular formula is C21H27N3O3S. The van der Waals surface area contributed by atoms with Gasteiger partial charge in [0, 0.05) is 23.9 Å². The Labute approximate surface area is 169 Å². The first-order valence-corrected chi connectivity index (χ1v) is 11.0. The highest BCUT2D eigenvalue weighted by atomic mass is 32.1. The summed E-state index contributed by atoms with van der Waals surface area (Å²) in [6, 6.07) is 8.08. The number of nitrogens with zero attached hydrogens (tertiary/aromatic N) is 3. The second-order valence-corrected chi connectivity index (χ2v) is 8.46. The minimum absolute atomic E-state index is 0.0148. The van der Waals surface area contributed by atoms with Gasteiger partial charge in [-0.2, -0.15) is 5.10 Å². The number of carbonyl (C=O) groups excluding carboxylic acids is 1. The first kappa shape index (κ1) is 19.4. The Hall–Kier alpha value is -1.96. The molecule has 1 unspecified atom stereocenters. The number of aliphatic hydroxyl groups excluding tert-OH is 1. The van der Waals surface area contributed by atoms with Crippen LogP contribution in [-0.4, -0.2) is 52.4 Å². The number of hydrogen-bond donors (Lipinski definition) is 1. The van der Waals surface area contributed by atoms with Crippen molar-refractivity contribution < 1.29 is 14.3 Å². The van der Waals surface area contributed by atoms with Crippen molar-refractivity contribution in [3.8, 4) is 0 Å². The van der Waals surface area contributed by atoms with Gasteiger partial charge in [0.1, 0.15) is 11.5 Å². The molecule has 150 valence electrons. The van der Waals surface area contributed by atoms with Crippen LogP contribution in [0.25, 0.3) is 0 Å². The third-order valence-corrected chi connectivity index (χ3v) is 6.63. The van der Waals surface area contributed by atoms with Gasteiger partial charge in [-0.3, -0.25) is 9.69 Å². The van der Waals surface area contributed by atoms with Gasteiger partial charge in [0.15, 0.2) is 0 Å². The van der Waals surface area contributed by atoms with Crippen LogP contribution in [0, 0.1) is 0 Å². The average Bonchev–Trinajstić information content (AvgIpc) is 3.49. The Morgan fingerprint density at radius 3 is 2.82 bits per heavy atom. The summed E-state index contributed by atoms with van der Waals surface area (Å²) in [6.45, 7) is 0.893. The molecule has 1 aliphatic carbocycles. The quantitative estimate of drug-likeness (QED) is 0.769. The van der Waals surface area contributed by atoms with Crippen molar-refractivity contribution >= 4 is 23.0 Å². The van der Waals surface area contributed by atoms with E-state index in [0.717, 1.165) is 29.2 Å². The van der Waals surface area contributed by atoms with Gasteiger partial charge in [0.05, 0.1) is 25.5 Å². The summed E-state index contributed by atoms with van der Waals surface area (Å²) in [5, 5.41) is 17.8. The molecule has 1 amide bonds. The van der Waals surface area contributed by atoms with Crippen molar-refractivity contribution in [2.24, 2.45) is 5.10 Å². The molecule has 4 rings (SSSR count). The normalized spacial score (nSPS) is 20.7. The van der Waals surface area contributed by atoms with Gasteiger partial charge in [0.25, 0.3) is 5.91 Å². The van der Waals surface area contributed by atoms with E-state index in [9.17, 15) is 9.90 Å². The van der Waals surface area contributed by atoms with Crippen LogP contribution in [0.5, 0.6) is 0 Å². The molecule has 3 heterocycles. The summed E-state index contributed by atoms with van der Waals surface area (Å²) in [7, 11) is 0. The van der Waals surface area contributed by atoms with Crippen LogP contribution >= 0.6 is 11.3 Å². The molecule has 2 aliphatic rings. The molecule has 0 bridgehead atoms. The van der Waals surface area contributed by atoms with Crippen molar-refractivity contribution in [3.63, 3.8) is 0 Å². The van der Waals surface area contributed by atoms with E-state index < -0.39 is 0 Å². The summed E-state index contributed by atoms with van der Waals surface area (Å²) in [5.74, 6) is 0.704. The highest BCUT2D eigenvalue weighted by Gasteiger charge is 2.36. The average molecular weight is 402 g/mol. The molecule has 0 aromatic carbocycles. The Morgan fingerprint density at radius 1 is 1.29 bits per heavy atom. The molecule has 1 atom stereocenters. The van der Waals surface area contributed by atoms with E-state index in [1.165, 1.54) is 19.3 Å². The van der Waals surface area contributed by atoms with Gasteiger partial charge < -0.3 is 9.52 Å². The number of carbonyl (C=O) groups is 1. The summed E-state index contributed by atoms with van der Waals surface area (Å²) >= 11 is 1.65. The van der Waals surface area contributed by atoms with Crippen LogP contribution in [0.4, 0.5) is 0 Å². The lowest BCUT2D eigenvalue weighted by atomic mass is 9.94. The number of rotatable bonds is 7. The molecule has 7 heteroatoms. The van der Waals surface area contributed by atoms with Crippen molar-refractivity contribution in [3.05, 3.63) is 46.5 Å². The SMILES string of the molecule is O=C(CN(CCO)C1CCCCC1)N1N=C(c2ccco2)CC1c1cccs1. The summed E-state index contributed by atoms with van der Waals surface area (Å²) < 4.78 is 5.52. The molecule has 1 saturated carbocycles. The smallest absolute Gasteiger partial charge is 0.257 e. The first-order chi connectivity index (χ1) is 13.8. The largest absolute Gasteiger partial charge is 0.463 e. The molecule has 0 saturated heterocycles. The second-order valence-electron chi connectivity index (χ2n) is 7.48. The van der Waals surface area contributed by atoms with E-state index in [0.29, 0.717) is 25.6 Å². The van der Waals surface area contributed by atoms with Crippen molar-refractivity contribution in [1.29, 1.82) is 0 Å². The Balaban J connectivity index is 1.53. The number of hydrogen-bond acceptors (Lipinski definition) is 6. The number of aliphatic hydroxyl groups is 1. The Morgan fingerprint density at radius 2 is 2.14 bits per heavy atom. The zero-order valence-electron chi connectivity index (χ0n) is 16.0. The molecule has 28 heavy (non-hydrogen) atoms. The molecule has 2 aromatic heterocycles. The number of furan rings is 1. The van der Waals surface area contributed by atoms with E-state index in [-0.39, 0.29) is 18.6 Å². The molecule has 1 fully saturated rings. The summed E-state index contributed by atoms with van der Waals surface area (Å²) in [4.78, 5) is 16.5. The maximum absolute atomic E-state index is 13.3. The van der Waals surface area contributed by atoms with E-state index in [2.05, 4.69) is 16.1 Å². The minimum Gasteiger partial charge on any atom is -0.463 e. The number of thiophene rings is 1. The number of hydrazone groups is 1. The van der Waals surface area contributed by atoms with Gasteiger partial charge in [-0.05, 0) is 36.4 Å². The zero-order chi connectivity index (χ0) is 19.3. The Kier molecular flexibility index (Phi) is 6.24.